The number of aryl methyl sites for hydroxylation is 1. The van der Waals surface area contributed by atoms with Crippen molar-refractivity contribution in [2.75, 3.05) is 19.6 Å². The Hall–Kier alpha value is -0.450. The maximum absolute atomic E-state index is 4.60. The van der Waals surface area contributed by atoms with Crippen LogP contribution in [0.4, 0.5) is 0 Å². The van der Waals surface area contributed by atoms with Crippen LogP contribution in [0.3, 0.4) is 0 Å². The Bertz CT molecular complexity index is 356. The van der Waals surface area contributed by atoms with E-state index in [2.05, 4.69) is 34.4 Å². The number of nitrogens with zero attached hydrogens (tertiary/aromatic N) is 2. The Morgan fingerprint density at radius 1 is 1.32 bits per heavy atom. The van der Waals surface area contributed by atoms with Gasteiger partial charge in [0.1, 0.15) is 5.01 Å². The van der Waals surface area contributed by atoms with Gasteiger partial charge in [-0.25, -0.2) is 4.98 Å². The number of likely N-dealkylation sites (tertiary alicyclic amines) is 1. The minimum atomic E-state index is 0.548. The van der Waals surface area contributed by atoms with Gasteiger partial charge in [-0.2, -0.15) is 0 Å². The van der Waals surface area contributed by atoms with E-state index in [0.29, 0.717) is 6.04 Å². The van der Waals surface area contributed by atoms with Gasteiger partial charge in [0.25, 0.3) is 0 Å². The lowest BCUT2D eigenvalue weighted by molar-refractivity contribution is 0.255. The normalized spacial score (nSPS) is 19.3. The van der Waals surface area contributed by atoms with Crippen LogP contribution in [0.2, 0.25) is 0 Å². The van der Waals surface area contributed by atoms with Gasteiger partial charge in [-0.3, -0.25) is 0 Å². The van der Waals surface area contributed by atoms with Gasteiger partial charge in [0.05, 0.1) is 5.69 Å². The lowest BCUT2D eigenvalue weighted by atomic mass is 10.2. The molecule has 1 fully saturated rings. The summed E-state index contributed by atoms with van der Waals surface area (Å²) in [4.78, 5) is 7.22. The molecule has 0 spiro atoms. The Morgan fingerprint density at radius 3 is 2.68 bits per heavy atom. The molecule has 1 atom stereocenters. The first-order valence-electron chi connectivity index (χ1n) is 7.67. The van der Waals surface area contributed by atoms with Crippen LogP contribution >= 0.6 is 11.3 Å². The highest BCUT2D eigenvalue weighted by atomic mass is 32.1. The van der Waals surface area contributed by atoms with Crippen molar-refractivity contribution in [1.82, 2.24) is 15.2 Å². The Balaban J connectivity index is 1.69. The molecule has 1 N–H and O–H groups in total. The van der Waals surface area contributed by atoms with E-state index in [-0.39, 0.29) is 0 Å². The molecule has 1 saturated heterocycles. The number of hydrogen-bond donors (Lipinski definition) is 1. The third kappa shape index (κ3) is 5.21. The van der Waals surface area contributed by atoms with Crippen molar-refractivity contribution in [2.45, 2.75) is 58.5 Å². The van der Waals surface area contributed by atoms with Crippen LogP contribution in [0.15, 0.2) is 5.38 Å². The van der Waals surface area contributed by atoms with Gasteiger partial charge in [0.15, 0.2) is 0 Å². The molecule has 4 heteroatoms. The van der Waals surface area contributed by atoms with Crippen molar-refractivity contribution >= 4 is 11.3 Å². The number of thiazole rings is 1. The SMILES string of the molecule is CCc1csc(CN[C@@H](C)CN2CCCCCC2)n1. The summed E-state index contributed by atoms with van der Waals surface area (Å²) in [6.07, 6.45) is 6.62. The van der Waals surface area contributed by atoms with Crippen LogP contribution in [0.5, 0.6) is 0 Å². The third-order valence-corrected chi connectivity index (χ3v) is 4.69. The molecule has 1 aromatic heterocycles. The van der Waals surface area contributed by atoms with E-state index in [1.165, 1.54) is 56.0 Å². The smallest absolute Gasteiger partial charge is 0.107 e. The second-order valence-electron chi connectivity index (χ2n) is 5.58. The van der Waals surface area contributed by atoms with E-state index >= 15 is 0 Å². The second kappa shape index (κ2) is 7.98. The van der Waals surface area contributed by atoms with Crippen molar-refractivity contribution in [3.8, 4) is 0 Å². The maximum Gasteiger partial charge on any atom is 0.107 e. The molecule has 1 aliphatic rings. The molecule has 19 heavy (non-hydrogen) atoms. The average molecular weight is 281 g/mol. The molecule has 1 aliphatic heterocycles. The van der Waals surface area contributed by atoms with E-state index in [4.69, 9.17) is 0 Å². The predicted molar refractivity (Wildman–Crippen MR) is 82.7 cm³/mol. The van der Waals surface area contributed by atoms with Gasteiger partial charge >= 0.3 is 0 Å². The van der Waals surface area contributed by atoms with Crippen molar-refractivity contribution in [2.24, 2.45) is 0 Å². The molecule has 0 amide bonds. The van der Waals surface area contributed by atoms with Crippen LogP contribution < -0.4 is 5.32 Å². The van der Waals surface area contributed by atoms with Crippen LogP contribution in [-0.2, 0) is 13.0 Å². The predicted octanol–water partition coefficient (Wildman–Crippen LogP) is 3.06. The minimum Gasteiger partial charge on any atom is -0.307 e. The van der Waals surface area contributed by atoms with Crippen molar-refractivity contribution in [3.63, 3.8) is 0 Å². The van der Waals surface area contributed by atoms with Crippen molar-refractivity contribution in [1.29, 1.82) is 0 Å². The molecule has 2 heterocycles. The Kier molecular flexibility index (Phi) is 6.28. The first-order valence-corrected chi connectivity index (χ1v) is 8.55. The van der Waals surface area contributed by atoms with Crippen LogP contribution in [-0.4, -0.2) is 35.6 Å². The van der Waals surface area contributed by atoms with Crippen LogP contribution in [0.25, 0.3) is 0 Å². The zero-order valence-corrected chi connectivity index (χ0v) is 13.1. The van der Waals surface area contributed by atoms with Gasteiger partial charge in [-0.05, 0) is 39.3 Å². The summed E-state index contributed by atoms with van der Waals surface area (Å²) >= 11 is 1.78. The summed E-state index contributed by atoms with van der Waals surface area (Å²) in [5, 5.41) is 7.01. The monoisotopic (exact) mass is 281 g/mol. The molecule has 0 saturated carbocycles. The third-order valence-electron chi connectivity index (χ3n) is 3.79. The Labute approximate surface area is 121 Å². The van der Waals surface area contributed by atoms with Gasteiger partial charge in [0.2, 0.25) is 0 Å². The molecule has 1 aromatic rings. The van der Waals surface area contributed by atoms with Crippen molar-refractivity contribution in [3.05, 3.63) is 16.1 Å². The molecule has 2 rings (SSSR count). The molecule has 0 bridgehead atoms. The van der Waals surface area contributed by atoms with E-state index < -0.39 is 0 Å². The van der Waals surface area contributed by atoms with Gasteiger partial charge in [-0.1, -0.05) is 19.8 Å². The summed E-state index contributed by atoms with van der Waals surface area (Å²) in [7, 11) is 0. The summed E-state index contributed by atoms with van der Waals surface area (Å²) in [6, 6.07) is 0.548. The minimum absolute atomic E-state index is 0.548. The van der Waals surface area contributed by atoms with Crippen molar-refractivity contribution < 1.29 is 0 Å². The zero-order chi connectivity index (χ0) is 13.5. The number of hydrogen-bond acceptors (Lipinski definition) is 4. The summed E-state index contributed by atoms with van der Waals surface area (Å²) in [5.41, 5.74) is 1.22. The number of aromatic nitrogens is 1. The summed E-state index contributed by atoms with van der Waals surface area (Å²) in [6.45, 7) is 9.10. The average Bonchev–Trinajstić information content (AvgIpc) is 2.73. The topological polar surface area (TPSA) is 28.2 Å². The molecular weight excluding hydrogens is 254 g/mol. The molecular formula is C15H27N3S. The van der Waals surface area contributed by atoms with Crippen LogP contribution in [0, 0.1) is 0 Å². The van der Waals surface area contributed by atoms with Gasteiger partial charge in [0, 0.05) is 24.5 Å². The lowest BCUT2D eigenvalue weighted by Gasteiger charge is -2.24. The lowest BCUT2D eigenvalue weighted by Crippen LogP contribution is -2.39. The van der Waals surface area contributed by atoms with Gasteiger partial charge < -0.3 is 10.2 Å². The second-order valence-corrected chi connectivity index (χ2v) is 6.53. The molecule has 0 radical (unpaired) electrons. The molecule has 0 aliphatic carbocycles. The first kappa shape index (κ1) is 14.9. The molecule has 3 nitrogen and oxygen atoms in total. The highest BCUT2D eigenvalue weighted by molar-refractivity contribution is 7.09. The van der Waals surface area contributed by atoms with Gasteiger partial charge in [-0.15, -0.1) is 11.3 Å². The standard InChI is InChI=1S/C15H27N3S/c1-3-14-12-19-15(17-14)10-16-13(2)11-18-8-6-4-5-7-9-18/h12-13,16H,3-11H2,1-2H3/t13-/m0/s1. The number of nitrogens with one attached hydrogen (secondary N) is 1. The van der Waals surface area contributed by atoms with Crippen LogP contribution in [0.1, 0.15) is 50.2 Å². The molecule has 0 aromatic carbocycles. The van der Waals surface area contributed by atoms with E-state index in [1.807, 2.05) is 0 Å². The fourth-order valence-corrected chi connectivity index (χ4v) is 3.45. The summed E-state index contributed by atoms with van der Waals surface area (Å²) < 4.78 is 0. The number of rotatable bonds is 6. The highest BCUT2D eigenvalue weighted by Gasteiger charge is 2.12. The van der Waals surface area contributed by atoms with E-state index in [1.54, 1.807) is 11.3 Å². The highest BCUT2D eigenvalue weighted by Crippen LogP contribution is 2.11. The Morgan fingerprint density at radius 2 is 2.05 bits per heavy atom. The first-order chi connectivity index (χ1) is 9.28. The molecule has 0 unspecified atom stereocenters. The summed E-state index contributed by atoms with van der Waals surface area (Å²) in [5.74, 6) is 0. The largest absolute Gasteiger partial charge is 0.307 e. The van der Waals surface area contributed by atoms with E-state index in [9.17, 15) is 0 Å². The van der Waals surface area contributed by atoms with E-state index in [0.717, 1.165) is 13.0 Å². The maximum atomic E-state index is 4.60. The zero-order valence-electron chi connectivity index (χ0n) is 12.3. The fourth-order valence-electron chi connectivity index (χ4n) is 2.62. The molecule has 108 valence electrons. The quantitative estimate of drug-likeness (QED) is 0.868. The fraction of sp³-hybridized carbons (Fsp3) is 0.800.